The number of halogens is 1. The maximum absolute atomic E-state index is 13.4. The first-order valence-electron chi connectivity index (χ1n) is 7.54. The van der Waals surface area contributed by atoms with Crippen LogP contribution in [0.2, 0.25) is 0 Å². The predicted octanol–water partition coefficient (Wildman–Crippen LogP) is 2.98. The van der Waals surface area contributed by atoms with E-state index in [9.17, 15) is 9.50 Å². The van der Waals surface area contributed by atoms with Crippen molar-refractivity contribution >= 4 is 0 Å². The summed E-state index contributed by atoms with van der Waals surface area (Å²) in [6.07, 6.45) is 5.12. The van der Waals surface area contributed by atoms with Crippen LogP contribution in [0.5, 0.6) is 0 Å². The Labute approximate surface area is 130 Å². The summed E-state index contributed by atoms with van der Waals surface area (Å²) in [5.41, 5.74) is 0.344. The van der Waals surface area contributed by atoms with Gasteiger partial charge in [0, 0.05) is 18.4 Å². The van der Waals surface area contributed by atoms with Gasteiger partial charge in [0.15, 0.2) is 0 Å². The van der Waals surface area contributed by atoms with E-state index >= 15 is 0 Å². The number of rotatable bonds is 3. The number of nitrogens with one attached hydrogen (secondary N) is 1. The maximum atomic E-state index is 13.4. The van der Waals surface area contributed by atoms with Gasteiger partial charge in [0.05, 0.1) is 5.60 Å². The second-order valence-electron chi connectivity index (χ2n) is 5.95. The lowest BCUT2D eigenvalue weighted by Gasteiger charge is -2.39. The third-order valence-electron chi connectivity index (χ3n) is 4.49. The van der Waals surface area contributed by atoms with Gasteiger partial charge in [-0.3, -0.25) is 4.98 Å². The van der Waals surface area contributed by atoms with Crippen molar-refractivity contribution in [3.63, 3.8) is 0 Å². The molecule has 1 aliphatic rings. The summed E-state index contributed by atoms with van der Waals surface area (Å²) in [7, 11) is 0. The van der Waals surface area contributed by atoms with Crippen molar-refractivity contribution in [1.82, 2.24) is 10.3 Å². The fourth-order valence-electron chi connectivity index (χ4n) is 3.18. The van der Waals surface area contributed by atoms with Crippen molar-refractivity contribution in [3.05, 3.63) is 72.7 Å². The third-order valence-corrected chi connectivity index (χ3v) is 4.49. The van der Waals surface area contributed by atoms with Crippen molar-refractivity contribution in [3.8, 4) is 0 Å². The minimum absolute atomic E-state index is 0.0410. The average molecular weight is 299 g/mol. The highest BCUT2D eigenvalue weighted by Gasteiger charge is 2.37. The van der Waals surface area contributed by atoms with Gasteiger partial charge in [0.2, 0.25) is 0 Å². The van der Waals surface area contributed by atoms with Crippen LogP contribution in [0.15, 0.2) is 48.8 Å². The van der Waals surface area contributed by atoms with Gasteiger partial charge in [-0.05, 0) is 61.6 Å². The SMILES string of the molecule is [CH2]C(O)(c1cccc(F)c1)C1CCNC(c2cccnc2)C1. The first kappa shape index (κ1) is 15.1. The Morgan fingerprint density at radius 1 is 1.32 bits per heavy atom. The van der Waals surface area contributed by atoms with Crippen molar-refractivity contribution in [1.29, 1.82) is 0 Å². The van der Waals surface area contributed by atoms with Crippen LogP contribution in [-0.2, 0) is 5.60 Å². The Morgan fingerprint density at radius 2 is 2.18 bits per heavy atom. The zero-order valence-corrected chi connectivity index (χ0v) is 12.4. The molecule has 1 aromatic heterocycles. The highest BCUT2D eigenvalue weighted by atomic mass is 19.1. The molecule has 1 saturated heterocycles. The van der Waals surface area contributed by atoms with Crippen LogP contribution in [0.3, 0.4) is 0 Å². The minimum Gasteiger partial charge on any atom is -0.385 e. The van der Waals surface area contributed by atoms with Crippen molar-refractivity contribution in [2.75, 3.05) is 6.54 Å². The van der Waals surface area contributed by atoms with Gasteiger partial charge in [-0.15, -0.1) is 0 Å². The molecule has 1 aromatic carbocycles. The summed E-state index contributed by atoms with van der Waals surface area (Å²) in [5, 5.41) is 14.3. The molecule has 4 heteroatoms. The number of nitrogens with zero attached hydrogens (tertiary/aromatic N) is 1. The molecule has 2 aromatic rings. The molecule has 0 bridgehead atoms. The van der Waals surface area contributed by atoms with E-state index in [2.05, 4.69) is 17.2 Å². The predicted molar refractivity (Wildman–Crippen MR) is 83.4 cm³/mol. The van der Waals surface area contributed by atoms with Crippen LogP contribution in [0.4, 0.5) is 4.39 Å². The zero-order chi connectivity index (χ0) is 15.6. The lowest BCUT2D eigenvalue weighted by molar-refractivity contribution is -0.00105. The summed E-state index contributed by atoms with van der Waals surface area (Å²) in [4.78, 5) is 4.15. The van der Waals surface area contributed by atoms with Gasteiger partial charge in [0.25, 0.3) is 0 Å². The molecule has 2 N–H and O–H groups in total. The molecule has 1 aliphatic heterocycles. The average Bonchev–Trinajstić information content (AvgIpc) is 2.56. The summed E-state index contributed by atoms with van der Waals surface area (Å²) in [6.45, 7) is 4.77. The topological polar surface area (TPSA) is 45.1 Å². The van der Waals surface area contributed by atoms with Crippen LogP contribution in [0.25, 0.3) is 0 Å². The molecule has 0 saturated carbocycles. The molecule has 22 heavy (non-hydrogen) atoms. The van der Waals surface area contributed by atoms with Gasteiger partial charge >= 0.3 is 0 Å². The Morgan fingerprint density at radius 3 is 2.91 bits per heavy atom. The van der Waals surface area contributed by atoms with Gasteiger partial charge in [0.1, 0.15) is 5.82 Å². The first-order valence-corrected chi connectivity index (χ1v) is 7.54. The summed E-state index contributed by atoms with van der Waals surface area (Å²) < 4.78 is 13.4. The van der Waals surface area contributed by atoms with E-state index in [0.717, 1.165) is 24.9 Å². The van der Waals surface area contributed by atoms with Crippen molar-refractivity contribution in [2.45, 2.75) is 24.5 Å². The Hall–Kier alpha value is -1.78. The number of hydrogen-bond acceptors (Lipinski definition) is 3. The van der Waals surface area contributed by atoms with Gasteiger partial charge in [-0.25, -0.2) is 4.39 Å². The summed E-state index contributed by atoms with van der Waals surface area (Å²) in [5.74, 6) is -0.391. The maximum Gasteiger partial charge on any atom is 0.123 e. The van der Waals surface area contributed by atoms with Gasteiger partial charge < -0.3 is 10.4 Å². The molecule has 3 atom stereocenters. The van der Waals surface area contributed by atoms with E-state index in [4.69, 9.17) is 0 Å². The molecule has 3 rings (SSSR count). The third kappa shape index (κ3) is 3.03. The largest absolute Gasteiger partial charge is 0.385 e. The number of aliphatic hydroxyl groups is 1. The second kappa shape index (κ2) is 6.15. The molecule has 0 amide bonds. The first-order chi connectivity index (χ1) is 10.6. The van der Waals surface area contributed by atoms with Crippen LogP contribution in [-0.4, -0.2) is 16.6 Å². The van der Waals surface area contributed by atoms with Crippen LogP contribution < -0.4 is 5.32 Å². The van der Waals surface area contributed by atoms with E-state index < -0.39 is 5.60 Å². The molecular formula is C18H20FN2O. The molecule has 3 nitrogen and oxygen atoms in total. The van der Waals surface area contributed by atoms with E-state index in [1.165, 1.54) is 12.1 Å². The molecule has 1 fully saturated rings. The minimum atomic E-state index is -1.29. The van der Waals surface area contributed by atoms with Crippen LogP contribution in [0.1, 0.15) is 30.0 Å². The lowest BCUT2D eigenvalue weighted by Crippen LogP contribution is -2.41. The van der Waals surface area contributed by atoms with Crippen LogP contribution in [0, 0.1) is 18.7 Å². The highest BCUT2D eigenvalue weighted by Crippen LogP contribution is 2.39. The van der Waals surface area contributed by atoms with E-state index in [0.29, 0.717) is 5.56 Å². The van der Waals surface area contributed by atoms with Gasteiger partial charge in [-0.1, -0.05) is 18.2 Å². The molecule has 0 aliphatic carbocycles. The highest BCUT2D eigenvalue weighted by molar-refractivity contribution is 5.26. The summed E-state index contributed by atoms with van der Waals surface area (Å²) in [6, 6.07) is 10.2. The lowest BCUT2D eigenvalue weighted by atomic mass is 9.75. The standard InChI is InChI=1S/C18H20FN2O/c1-18(22,14-5-2-6-16(19)10-14)15-7-9-21-17(11-15)13-4-3-8-20-12-13/h2-6,8,10,12,15,17,21-22H,1,7,9,11H2. The number of piperidine rings is 1. The van der Waals surface area contributed by atoms with E-state index in [1.807, 2.05) is 18.3 Å². The quantitative estimate of drug-likeness (QED) is 0.916. The van der Waals surface area contributed by atoms with Crippen molar-refractivity contribution in [2.24, 2.45) is 5.92 Å². The molecule has 1 radical (unpaired) electrons. The monoisotopic (exact) mass is 299 g/mol. The molecule has 2 heterocycles. The molecule has 0 spiro atoms. The van der Waals surface area contributed by atoms with Crippen LogP contribution >= 0.6 is 0 Å². The number of aromatic nitrogens is 1. The number of hydrogen-bond donors (Lipinski definition) is 2. The molecule has 3 unspecified atom stereocenters. The fraction of sp³-hybridized carbons (Fsp3) is 0.333. The fourth-order valence-corrected chi connectivity index (χ4v) is 3.18. The Bertz CT molecular complexity index is 630. The number of benzene rings is 1. The molecule has 115 valence electrons. The number of pyridine rings is 1. The Kier molecular flexibility index (Phi) is 4.23. The normalized spacial score (nSPS) is 24.7. The van der Waals surface area contributed by atoms with Crippen molar-refractivity contribution < 1.29 is 9.50 Å². The van der Waals surface area contributed by atoms with E-state index in [-0.39, 0.29) is 17.8 Å². The van der Waals surface area contributed by atoms with Gasteiger partial charge in [-0.2, -0.15) is 0 Å². The molecular weight excluding hydrogens is 279 g/mol. The van der Waals surface area contributed by atoms with E-state index in [1.54, 1.807) is 18.3 Å². The summed E-state index contributed by atoms with van der Waals surface area (Å²) >= 11 is 0. The smallest absolute Gasteiger partial charge is 0.123 e. The zero-order valence-electron chi connectivity index (χ0n) is 12.4. The second-order valence-corrected chi connectivity index (χ2v) is 5.95. The Balaban J connectivity index is 1.82.